The molecule has 1 unspecified atom stereocenters. The molecule has 3 rings (SSSR count). The van der Waals surface area contributed by atoms with Crippen LogP contribution in [0, 0.1) is 6.92 Å². The van der Waals surface area contributed by atoms with Gasteiger partial charge in [0.05, 0.1) is 11.1 Å². The fourth-order valence-electron chi connectivity index (χ4n) is 3.77. The molecule has 3 N–H and O–H groups in total. The van der Waals surface area contributed by atoms with E-state index in [0.717, 1.165) is 17.7 Å². The molecule has 6 nitrogen and oxygen atoms in total. The van der Waals surface area contributed by atoms with Gasteiger partial charge < -0.3 is 15.7 Å². The third kappa shape index (κ3) is 6.91. The number of carboxylic acids is 1. The van der Waals surface area contributed by atoms with Crippen LogP contribution in [0.5, 0.6) is 0 Å². The van der Waals surface area contributed by atoms with Gasteiger partial charge in [-0.25, -0.2) is 4.79 Å². The summed E-state index contributed by atoms with van der Waals surface area (Å²) in [5, 5.41) is 14.5. The second-order valence-electron chi connectivity index (χ2n) is 8.22. The van der Waals surface area contributed by atoms with E-state index in [-0.39, 0.29) is 17.7 Å². The monoisotopic (exact) mass is 530 g/mol. The number of nitrogens with one attached hydrogen (secondary N) is 2. The van der Waals surface area contributed by atoms with Gasteiger partial charge in [0.1, 0.15) is 6.04 Å². The summed E-state index contributed by atoms with van der Waals surface area (Å²) < 4.78 is 40.2. The summed E-state index contributed by atoms with van der Waals surface area (Å²) in [6.45, 7) is 1.82. The van der Waals surface area contributed by atoms with Gasteiger partial charge in [0, 0.05) is 11.3 Å². The second kappa shape index (κ2) is 12.0. The molecular weight excluding hydrogens is 505 g/mol. The number of carbonyl (C=O) groups is 3. The number of aliphatic carboxylic acids is 1. The number of halogens is 3. The second-order valence-corrected chi connectivity index (χ2v) is 9.20. The molecule has 0 spiro atoms. The standard InChI is InChI=1S/C27H25F3N2O4S/c1-16-7-3-4-8-18(16)21-15-17(31-25(34)20-9-5-6-10-22(20)27(28,29)30)11-12-19(21)24(33)32-23(26(35)36)13-14-37-2/h3-12,15,23H,13-14H2,1-2H3,(H,31,34)(H,32,33)(H,35,36). The quantitative estimate of drug-likeness (QED) is 0.322. The van der Waals surface area contributed by atoms with Gasteiger partial charge in [-0.1, -0.05) is 36.4 Å². The first-order valence-electron chi connectivity index (χ1n) is 11.2. The van der Waals surface area contributed by atoms with E-state index in [4.69, 9.17) is 0 Å². The van der Waals surface area contributed by atoms with Crippen molar-refractivity contribution in [2.75, 3.05) is 17.3 Å². The molecule has 0 aliphatic carbocycles. The number of carbonyl (C=O) groups excluding carboxylic acids is 2. The minimum atomic E-state index is -4.71. The summed E-state index contributed by atoms with van der Waals surface area (Å²) in [6.07, 6.45) is -2.65. The van der Waals surface area contributed by atoms with Crippen molar-refractivity contribution >= 4 is 35.2 Å². The molecule has 10 heteroatoms. The Labute approximate surface area is 216 Å². The fourth-order valence-corrected chi connectivity index (χ4v) is 4.25. The highest BCUT2D eigenvalue weighted by molar-refractivity contribution is 7.98. The largest absolute Gasteiger partial charge is 0.480 e. The van der Waals surface area contributed by atoms with Crippen LogP contribution in [0.2, 0.25) is 0 Å². The highest BCUT2D eigenvalue weighted by Gasteiger charge is 2.35. The van der Waals surface area contributed by atoms with Crippen LogP contribution in [-0.4, -0.2) is 40.9 Å². The Hall–Kier alpha value is -3.79. The van der Waals surface area contributed by atoms with Crippen molar-refractivity contribution in [1.29, 1.82) is 0 Å². The van der Waals surface area contributed by atoms with Crippen molar-refractivity contribution in [3.63, 3.8) is 0 Å². The van der Waals surface area contributed by atoms with Crippen LogP contribution in [0.15, 0.2) is 66.7 Å². The Morgan fingerprint density at radius 3 is 2.24 bits per heavy atom. The molecule has 0 aromatic heterocycles. The van der Waals surface area contributed by atoms with Crippen molar-refractivity contribution in [3.05, 3.63) is 89.0 Å². The first-order valence-corrected chi connectivity index (χ1v) is 12.6. The SMILES string of the molecule is CSCCC(NC(=O)c1ccc(NC(=O)c2ccccc2C(F)(F)F)cc1-c1ccccc1C)C(=O)O. The number of hydrogen-bond donors (Lipinski definition) is 3. The minimum absolute atomic E-state index is 0.165. The molecule has 0 saturated heterocycles. The lowest BCUT2D eigenvalue weighted by molar-refractivity contribution is -0.139. The summed E-state index contributed by atoms with van der Waals surface area (Å²) >= 11 is 1.46. The Morgan fingerprint density at radius 1 is 0.919 bits per heavy atom. The molecule has 1 atom stereocenters. The number of amides is 2. The normalized spacial score (nSPS) is 12.0. The van der Waals surface area contributed by atoms with Crippen LogP contribution in [0.25, 0.3) is 11.1 Å². The molecule has 0 aliphatic heterocycles. The highest BCUT2D eigenvalue weighted by Crippen LogP contribution is 2.33. The smallest absolute Gasteiger partial charge is 0.417 e. The van der Waals surface area contributed by atoms with E-state index in [1.54, 1.807) is 18.2 Å². The molecule has 37 heavy (non-hydrogen) atoms. The lowest BCUT2D eigenvalue weighted by atomic mass is 9.94. The van der Waals surface area contributed by atoms with Crippen LogP contribution in [0.4, 0.5) is 18.9 Å². The van der Waals surface area contributed by atoms with E-state index in [0.29, 0.717) is 16.9 Å². The van der Waals surface area contributed by atoms with E-state index in [9.17, 15) is 32.7 Å². The van der Waals surface area contributed by atoms with Gasteiger partial charge in [-0.05, 0) is 72.4 Å². The Balaban J connectivity index is 2.00. The maximum atomic E-state index is 13.4. The zero-order valence-electron chi connectivity index (χ0n) is 20.1. The zero-order chi connectivity index (χ0) is 27.2. The Kier molecular flexibility index (Phi) is 8.99. The zero-order valence-corrected chi connectivity index (χ0v) is 20.9. The maximum absolute atomic E-state index is 13.4. The molecule has 0 saturated carbocycles. The predicted molar refractivity (Wildman–Crippen MR) is 138 cm³/mol. The Morgan fingerprint density at radius 2 is 1.59 bits per heavy atom. The number of anilines is 1. The molecule has 0 radical (unpaired) electrons. The average Bonchev–Trinajstić information content (AvgIpc) is 2.86. The van der Waals surface area contributed by atoms with Crippen molar-refractivity contribution in [2.45, 2.75) is 25.6 Å². The number of hydrogen-bond acceptors (Lipinski definition) is 4. The van der Waals surface area contributed by atoms with Crippen molar-refractivity contribution in [2.24, 2.45) is 0 Å². The van der Waals surface area contributed by atoms with Crippen LogP contribution in [0.3, 0.4) is 0 Å². The van der Waals surface area contributed by atoms with Crippen molar-refractivity contribution in [1.82, 2.24) is 5.32 Å². The number of aryl methyl sites for hydroxylation is 1. The fraction of sp³-hybridized carbons (Fsp3) is 0.222. The number of rotatable bonds is 9. The first-order chi connectivity index (χ1) is 17.5. The van der Waals surface area contributed by atoms with Crippen LogP contribution in [0.1, 0.15) is 38.3 Å². The molecule has 3 aromatic carbocycles. The van der Waals surface area contributed by atoms with Gasteiger partial charge in [-0.15, -0.1) is 0 Å². The molecule has 3 aromatic rings. The topological polar surface area (TPSA) is 95.5 Å². The van der Waals surface area contributed by atoms with Crippen LogP contribution in [-0.2, 0) is 11.0 Å². The van der Waals surface area contributed by atoms with Crippen molar-refractivity contribution in [3.8, 4) is 11.1 Å². The minimum Gasteiger partial charge on any atom is -0.480 e. The van der Waals surface area contributed by atoms with Gasteiger partial charge >= 0.3 is 12.1 Å². The van der Waals surface area contributed by atoms with Crippen LogP contribution < -0.4 is 10.6 Å². The average molecular weight is 531 g/mol. The molecular formula is C27H25F3N2O4S. The summed E-state index contributed by atoms with van der Waals surface area (Å²) in [5.41, 5.74) is 0.592. The van der Waals surface area contributed by atoms with Gasteiger partial charge in [0.2, 0.25) is 0 Å². The summed E-state index contributed by atoms with van der Waals surface area (Å²) in [7, 11) is 0. The van der Waals surface area contributed by atoms with E-state index in [1.165, 1.54) is 42.1 Å². The van der Waals surface area contributed by atoms with Gasteiger partial charge in [0.15, 0.2) is 0 Å². The predicted octanol–water partition coefficient (Wildman–Crippen LogP) is 5.87. The molecule has 0 bridgehead atoms. The van der Waals surface area contributed by atoms with Crippen molar-refractivity contribution < 1.29 is 32.7 Å². The van der Waals surface area contributed by atoms with Gasteiger partial charge in [-0.3, -0.25) is 9.59 Å². The van der Waals surface area contributed by atoms with E-state index in [1.807, 2.05) is 19.2 Å². The summed E-state index contributed by atoms with van der Waals surface area (Å²) in [6, 6.07) is 14.8. The maximum Gasteiger partial charge on any atom is 0.417 e. The Bertz CT molecular complexity index is 1310. The molecule has 2 amide bonds. The highest BCUT2D eigenvalue weighted by atomic mass is 32.2. The number of benzene rings is 3. The lowest BCUT2D eigenvalue weighted by Gasteiger charge is -2.18. The summed E-state index contributed by atoms with van der Waals surface area (Å²) in [4.78, 5) is 37.6. The molecule has 0 aliphatic rings. The van der Waals surface area contributed by atoms with E-state index >= 15 is 0 Å². The third-order valence-corrected chi connectivity index (χ3v) is 6.29. The first kappa shape index (κ1) is 27.8. The number of alkyl halides is 3. The number of thioether (sulfide) groups is 1. The van der Waals surface area contributed by atoms with E-state index < -0.39 is 41.1 Å². The lowest BCUT2D eigenvalue weighted by Crippen LogP contribution is -2.41. The third-order valence-electron chi connectivity index (χ3n) is 5.65. The molecule has 0 heterocycles. The van der Waals surface area contributed by atoms with Gasteiger partial charge in [0.25, 0.3) is 11.8 Å². The van der Waals surface area contributed by atoms with Gasteiger partial charge in [-0.2, -0.15) is 24.9 Å². The van der Waals surface area contributed by atoms with E-state index in [2.05, 4.69) is 10.6 Å². The molecule has 194 valence electrons. The molecule has 0 fully saturated rings. The summed E-state index contributed by atoms with van der Waals surface area (Å²) in [5.74, 6) is -2.20. The number of carboxylic acid groups (broad SMARTS) is 1. The van der Waals surface area contributed by atoms with Crippen LogP contribution >= 0.6 is 11.8 Å².